The molecule has 1 unspecified atom stereocenters. The van der Waals surface area contributed by atoms with E-state index in [0.717, 1.165) is 11.1 Å². The Kier molecular flexibility index (Phi) is 3.53. The van der Waals surface area contributed by atoms with Crippen LogP contribution in [-0.2, 0) is 9.47 Å². The summed E-state index contributed by atoms with van der Waals surface area (Å²) in [6.45, 7) is 2.91. The largest absolute Gasteiger partial charge is 0.388 e. The molecule has 1 aliphatic rings. The average molecular weight is 226 g/mol. The van der Waals surface area contributed by atoms with E-state index in [-0.39, 0.29) is 12.1 Å². The molecule has 1 saturated heterocycles. The van der Waals surface area contributed by atoms with Gasteiger partial charge in [0.15, 0.2) is 6.29 Å². The molecule has 0 spiro atoms. The van der Waals surface area contributed by atoms with E-state index in [1.165, 1.54) is 12.1 Å². The Morgan fingerprint density at radius 1 is 1.44 bits per heavy atom. The van der Waals surface area contributed by atoms with Crippen LogP contribution in [0, 0.1) is 12.7 Å². The van der Waals surface area contributed by atoms with Crippen molar-refractivity contribution in [1.82, 2.24) is 0 Å². The van der Waals surface area contributed by atoms with Gasteiger partial charge in [-0.15, -0.1) is 0 Å². The molecule has 2 rings (SSSR count). The molecule has 1 aromatic rings. The van der Waals surface area contributed by atoms with Gasteiger partial charge in [-0.3, -0.25) is 0 Å². The first-order valence-corrected chi connectivity index (χ1v) is 5.34. The molecule has 88 valence electrons. The summed E-state index contributed by atoms with van der Waals surface area (Å²) in [7, 11) is 0. The van der Waals surface area contributed by atoms with Crippen molar-refractivity contribution in [3.05, 3.63) is 35.1 Å². The maximum Gasteiger partial charge on any atom is 0.160 e. The van der Waals surface area contributed by atoms with Gasteiger partial charge in [0.2, 0.25) is 0 Å². The van der Waals surface area contributed by atoms with Gasteiger partial charge >= 0.3 is 0 Å². The number of aliphatic hydroxyl groups excluding tert-OH is 1. The van der Waals surface area contributed by atoms with Crippen molar-refractivity contribution in [1.29, 1.82) is 0 Å². The molecule has 0 aromatic heterocycles. The van der Waals surface area contributed by atoms with Gasteiger partial charge in [-0.2, -0.15) is 0 Å². The van der Waals surface area contributed by atoms with Crippen LogP contribution in [0.5, 0.6) is 0 Å². The fraction of sp³-hybridized carbons (Fsp3) is 0.500. The summed E-state index contributed by atoms with van der Waals surface area (Å²) in [6, 6.07) is 4.36. The number of benzene rings is 1. The Morgan fingerprint density at radius 2 is 2.12 bits per heavy atom. The normalized spacial score (nSPS) is 18.9. The van der Waals surface area contributed by atoms with Gasteiger partial charge in [0.25, 0.3) is 0 Å². The molecule has 0 amide bonds. The van der Waals surface area contributed by atoms with Crippen LogP contribution >= 0.6 is 0 Å². The van der Waals surface area contributed by atoms with Crippen LogP contribution in [0.3, 0.4) is 0 Å². The summed E-state index contributed by atoms with van der Waals surface area (Å²) < 4.78 is 23.4. The molecule has 1 N–H and O–H groups in total. The van der Waals surface area contributed by atoms with E-state index in [1.807, 2.05) is 0 Å². The summed E-state index contributed by atoms with van der Waals surface area (Å²) >= 11 is 0. The monoisotopic (exact) mass is 226 g/mol. The molecular weight excluding hydrogens is 211 g/mol. The first-order chi connectivity index (χ1) is 7.66. The van der Waals surface area contributed by atoms with Crippen molar-refractivity contribution in [3.8, 4) is 0 Å². The zero-order valence-corrected chi connectivity index (χ0v) is 9.15. The van der Waals surface area contributed by atoms with Crippen LogP contribution in [0.15, 0.2) is 18.2 Å². The highest BCUT2D eigenvalue weighted by molar-refractivity contribution is 5.28. The molecule has 1 aromatic carbocycles. The van der Waals surface area contributed by atoms with Crippen molar-refractivity contribution in [2.75, 3.05) is 13.2 Å². The Balaban J connectivity index is 2.04. The molecule has 0 radical (unpaired) electrons. The molecule has 4 heteroatoms. The standard InChI is InChI=1S/C12H15FO3/c1-8-6-9(13)2-3-10(8)11(14)7-12-15-4-5-16-12/h2-3,6,11-12,14H,4-5,7H2,1H3. The van der Waals surface area contributed by atoms with Crippen molar-refractivity contribution in [3.63, 3.8) is 0 Å². The number of rotatable bonds is 3. The second kappa shape index (κ2) is 4.91. The number of aryl methyl sites for hydroxylation is 1. The van der Waals surface area contributed by atoms with Crippen molar-refractivity contribution in [2.24, 2.45) is 0 Å². The lowest BCUT2D eigenvalue weighted by Gasteiger charge is -2.16. The van der Waals surface area contributed by atoms with Crippen LogP contribution in [-0.4, -0.2) is 24.6 Å². The Hall–Kier alpha value is -0.970. The topological polar surface area (TPSA) is 38.7 Å². The lowest BCUT2D eigenvalue weighted by molar-refractivity contribution is -0.0708. The second-order valence-electron chi connectivity index (χ2n) is 3.92. The van der Waals surface area contributed by atoms with E-state index in [0.29, 0.717) is 19.6 Å². The predicted molar refractivity (Wildman–Crippen MR) is 56.4 cm³/mol. The number of halogens is 1. The van der Waals surface area contributed by atoms with Crippen LogP contribution in [0.1, 0.15) is 23.7 Å². The molecule has 1 fully saturated rings. The zero-order chi connectivity index (χ0) is 11.5. The van der Waals surface area contributed by atoms with Crippen molar-refractivity contribution >= 4 is 0 Å². The first-order valence-electron chi connectivity index (χ1n) is 5.34. The first kappa shape index (κ1) is 11.5. The SMILES string of the molecule is Cc1cc(F)ccc1C(O)CC1OCCO1. The van der Waals surface area contributed by atoms with Crippen LogP contribution < -0.4 is 0 Å². The highest BCUT2D eigenvalue weighted by atomic mass is 19.1. The maximum atomic E-state index is 12.9. The highest BCUT2D eigenvalue weighted by Gasteiger charge is 2.21. The minimum Gasteiger partial charge on any atom is -0.388 e. The molecule has 1 aliphatic heterocycles. The smallest absolute Gasteiger partial charge is 0.160 e. The van der Waals surface area contributed by atoms with Gasteiger partial charge in [-0.25, -0.2) is 4.39 Å². The van der Waals surface area contributed by atoms with Crippen LogP contribution in [0.25, 0.3) is 0 Å². The quantitative estimate of drug-likeness (QED) is 0.855. The number of aliphatic hydroxyl groups is 1. The highest BCUT2D eigenvalue weighted by Crippen LogP contribution is 2.25. The van der Waals surface area contributed by atoms with Gasteiger partial charge in [-0.05, 0) is 30.2 Å². The fourth-order valence-electron chi connectivity index (χ4n) is 1.87. The fourth-order valence-corrected chi connectivity index (χ4v) is 1.87. The van der Waals surface area contributed by atoms with E-state index in [9.17, 15) is 9.50 Å². The third kappa shape index (κ3) is 2.58. The van der Waals surface area contributed by atoms with E-state index in [1.54, 1.807) is 13.0 Å². The molecule has 3 nitrogen and oxygen atoms in total. The molecule has 0 saturated carbocycles. The summed E-state index contributed by atoms with van der Waals surface area (Å²) in [6.07, 6.45) is -0.643. The Labute approximate surface area is 93.8 Å². The molecule has 1 atom stereocenters. The third-order valence-electron chi connectivity index (χ3n) is 2.70. The van der Waals surface area contributed by atoms with Gasteiger partial charge in [0.05, 0.1) is 19.3 Å². The molecule has 0 bridgehead atoms. The summed E-state index contributed by atoms with van der Waals surface area (Å²) in [5.74, 6) is -0.290. The van der Waals surface area contributed by atoms with Gasteiger partial charge in [0, 0.05) is 6.42 Å². The Bertz CT molecular complexity index is 361. The maximum absolute atomic E-state index is 12.9. The van der Waals surface area contributed by atoms with Gasteiger partial charge < -0.3 is 14.6 Å². The van der Waals surface area contributed by atoms with E-state index >= 15 is 0 Å². The predicted octanol–water partition coefficient (Wildman–Crippen LogP) is 1.93. The Morgan fingerprint density at radius 3 is 2.75 bits per heavy atom. The van der Waals surface area contributed by atoms with Gasteiger partial charge in [-0.1, -0.05) is 6.07 Å². The number of hydrogen-bond donors (Lipinski definition) is 1. The minimum absolute atomic E-state index is 0.290. The van der Waals surface area contributed by atoms with E-state index in [4.69, 9.17) is 9.47 Å². The average Bonchev–Trinajstić information content (AvgIpc) is 2.70. The number of ether oxygens (including phenoxy) is 2. The van der Waals surface area contributed by atoms with Crippen molar-refractivity contribution < 1.29 is 19.0 Å². The summed E-state index contributed by atoms with van der Waals surface area (Å²) in [5.41, 5.74) is 1.46. The van der Waals surface area contributed by atoms with Crippen LogP contribution in [0.4, 0.5) is 4.39 Å². The molecule has 0 aliphatic carbocycles. The summed E-state index contributed by atoms with van der Waals surface area (Å²) in [4.78, 5) is 0. The van der Waals surface area contributed by atoms with E-state index in [2.05, 4.69) is 0 Å². The lowest BCUT2D eigenvalue weighted by atomic mass is 10.0. The van der Waals surface area contributed by atoms with Crippen molar-refractivity contribution in [2.45, 2.75) is 25.7 Å². The minimum atomic E-state index is -0.677. The number of hydrogen-bond acceptors (Lipinski definition) is 3. The third-order valence-corrected chi connectivity index (χ3v) is 2.70. The molecular formula is C12H15FO3. The zero-order valence-electron chi connectivity index (χ0n) is 9.15. The summed E-state index contributed by atoms with van der Waals surface area (Å²) in [5, 5.41) is 9.97. The van der Waals surface area contributed by atoms with Gasteiger partial charge in [0.1, 0.15) is 5.82 Å². The lowest BCUT2D eigenvalue weighted by Crippen LogP contribution is -2.13. The molecule has 1 heterocycles. The molecule has 16 heavy (non-hydrogen) atoms. The van der Waals surface area contributed by atoms with E-state index < -0.39 is 6.10 Å². The second-order valence-corrected chi connectivity index (χ2v) is 3.92. The van der Waals surface area contributed by atoms with Crippen LogP contribution in [0.2, 0.25) is 0 Å².